The van der Waals surface area contributed by atoms with Gasteiger partial charge in [0.15, 0.2) is 0 Å². The van der Waals surface area contributed by atoms with E-state index in [0.29, 0.717) is 0 Å². The average Bonchev–Trinajstić information content (AvgIpc) is 2.72. The second-order valence-corrected chi connectivity index (χ2v) is 5.06. The topological polar surface area (TPSA) is 56.0 Å². The average molecular weight is 238 g/mol. The Morgan fingerprint density at radius 3 is 2.93 bits per heavy atom. The van der Waals surface area contributed by atoms with Crippen molar-refractivity contribution in [3.05, 3.63) is 27.4 Å². The smallest absolute Gasteiger partial charge is 0.224 e. The summed E-state index contributed by atoms with van der Waals surface area (Å²) in [5.74, 6) is -0.334. The molecule has 0 bridgehead atoms. The van der Waals surface area contributed by atoms with Gasteiger partial charge in [0, 0.05) is 5.38 Å². The number of primary amides is 1. The van der Waals surface area contributed by atoms with Gasteiger partial charge in [0.1, 0.15) is 5.01 Å². The van der Waals surface area contributed by atoms with Crippen LogP contribution in [0.5, 0.6) is 0 Å². The van der Waals surface area contributed by atoms with Crippen molar-refractivity contribution in [1.29, 1.82) is 0 Å². The third kappa shape index (κ3) is 2.24. The van der Waals surface area contributed by atoms with Crippen molar-refractivity contribution in [2.45, 2.75) is 13.3 Å². The molecule has 0 aromatic carbocycles. The summed E-state index contributed by atoms with van der Waals surface area (Å²) in [6.07, 6.45) is 0.231. The van der Waals surface area contributed by atoms with Crippen LogP contribution in [0.1, 0.15) is 10.6 Å². The van der Waals surface area contributed by atoms with Gasteiger partial charge in [-0.15, -0.1) is 22.7 Å². The fraction of sp³-hybridized carbons (Fsp3) is 0.200. The van der Waals surface area contributed by atoms with Crippen molar-refractivity contribution in [1.82, 2.24) is 4.98 Å². The molecule has 0 saturated heterocycles. The molecule has 0 aliphatic heterocycles. The Morgan fingerprint density at radius 1 is 1.53 bits per heavy atom. The van der Waals surface area contributed by atoms with Crippen molar-refractivity contribution >= 4 is 28.6 Å². The van der Waals surface area contributed by atoms with Crippen LogP contribution in [-0.2, 0) is 11.2 Å². The predicted molar refractivity (Wildman–Crippen MR) is 63.1 cm³/mol. The number of thiophene rings is 1. The van der Waals surface area contributed by atoms with Gasteiger partial charge in [-0.3, -0.25) is 4.79 Å². The second kappa shape index (κ2) is 4.12. The van der Waals surface area contributed by atoms with Crippen LogP contribution >= 0.6 is 22.7 Å². The Bertz CT molecular complexity index is 487. The molecule has 0 spiro atoms. The summed E-state index contributed by atoms with van der Waals surface area (Å²) in [6.45, 7) is 2.05. The van der Waals surface area contributed by atoms with E-state index in [1.807, 2.05) is 10.8 Å². The summed E-state index contributed by atoms with van der Waals surface area (Å²) in [4.78, 5) is 16.3. The van der Waals surface area contributed by atoms with Gasteiger partial charge in [-0.1, -0.05) is 0 Å². The maximum atomic E-state index is 10.7. The SMILES string of the molecule is Cc1ccsc1-c1csc(CC(N)=O)n1. The Kier molecular flexibility index (Phi) is 2.83. The molecule has 0 atom stereocenters. The molecule has 2 aromatic heterocycles. The highest BCUT2D eigenvalue weighted by molar-refractivity contribution is 7.14. The molecule has 2 N–H and O–H groups in total. The van der Waals surface area contributed by atoms with E-state index in [2.05, 4.69) is 18.0 Å². The lowest BCUT2D eigenvalue weighted by Crippen LogP contribution is -2.13. The number of amides is 1. The number of thiazole rings is 1. The van der Waals surface area contributed by atoms with Crippen LogP contribution in [0.3, 0.4) is 0 Å². The number of aryl methyl sites for hydroxylation is 1. The summed E-state index contributed by atoms with van der Waals surface area (Å²) < 4.78 is 0. The zero-order valence-corrected chi connectivity index (χ0v) is 9.82. The first kappa shape index (κ1) is 10.3. The Hall–Kier alpha value is -1.20. The molecular weight excluding hydrogens is 228 g/mol. The summed E-state index contributed by atoms with van der Waals surface area (Å²) in [7, 11) is 0. The highest BCUT2D eigenvalue weighted by Gasteiger charge is 2.09. The summed E-state index contributed by atoms with van der Waals surface area (Å²) >= 11 is 3.14. The highest BCUT2D eigenvalue weighted by atomic mass is 32.1. The van der Waals surface area contributed by atoms with E-state index in [9.17, 15) is 4.79 Å². The number of nitrogens with zero attached hydrogens (tertiary/aromatic N) is 1. The Labute approximate surface area is 95.6 Å². The third-order valence-corrected chi connectivity index (χ3v) is 3.86. The number of carbonyl (C=O) groups is 1. The molecule has 0 radical (unpaired) electrons. The number of rotatable bonds is 3. The normalized spacial score (nSPS) is 10.5. The van der Waals surface area contributed by atoms with Gasteiger partial charge in [0.2, 0.25) is 5.91 Å². The fourth-order valence-corrected chi connectivity index (χ4v) is 3.04. The van der Waals surface area contributed by atoms with Crippen LogP contribution in [0.2, 0.25) is 0 Å². The van der Waals surface area contributed by atoms with Gasteiger partial charge >= 0.3 is 0 Å². The Morgan fingerprint density at radius 2 is 2.33 bits per heavy atom. The van der Waals surface area contributed by atoms with E-state index >= 15 is 0 Å². The quantitative estimate of drug-likeness (QED) is 0.891. The molecule has 2 aromatic rings. The van der Waals surface area contributed by atoms with Crippen LogP contribution in [-0.4, -0.2) is 10.9 Å². The van der Waals surface area contributed by atoms with Gasteiger partial charge in [-0.2, -0.15) is 0 Å². The predicted octanol–water partition coefficient (Wildman–Crippen LogP) is 2.21. The summed E-state index contributed by atoms with van der Waals surface area (Å²) in [5.41, 5.74) is 7.28. The van der Waals surface area contributed by atoms with Crippen LogP contribution in [0.15, 0.2) is 16.8 Å². The minimum Gasteiger partial charge on any atom is -0.369 e. The van der Waals surface area contributed by atoms with Crippen molar-refractivity contribution in [3.63, 3.8) is 0 Å². The molecule has 0 saturated carbocycles. The molecule has 3 nitrogen and oxygen atoms in total. The molecule has 0 aliphatic carbocycles. The zero-order valence-electron chi connectivity index (χ0n) is 8.19. The first-order chi connectivity index (χ1) is 7.16. The molecule has 2 rings (SSSR count). The molecular formula is C10H10N2OS2. The first-order valence-electron chi connectivity index (χ1n) is 4.44. The van der Waals surface area contributed by atoms with Crippen LogP contribution in [0, 0.1) is 6.92 Å². The fourth-order valence-electron chi connectivity index (χ4n) is 1.28. The van der Waals surface area contributed by atoms with E-state index < -0.39 is 0 Å². The van der Waals surface area contributed by atoms with Crippen LogP contribution < -0.4 is 5.73 Å². The number of hydrogen-bond acceptors (Lipinski definition) is 4. The van der Waals surface area contributed by atoms with Crippen molar-refractivity contribution < 1.29 is 4.79 Å². The zero-order chi connectivity index (χ0) is 10.8. The maximum Gasteiger partial charge on any atom is 0.224 e. The van der Waals surface area contributed by atoms with Gasteiger partial charge in [0.05, 0.1) is 17.0 Å². The number of carbonyl (C=O) groups excluding carboxylic acids is 1. The van der Waals surface area contributed by atoms with Gasteiger partial charge in [-0.05, 0) is 23.9 Å². The molecule has 78 valence electrons. The van der Waals surface area contributed by atoms with E-state index in [1.165, 1.54) is 21.8 Å². The van der Waals surface area contributed by atoms with Crippen LogP contribution in [0.25, 0.3) is 10.6 Å². The van der Waals surface area contributed by atoms with E-state index in [0.717, 1.165) is 10.7 Å². The minimum absolute atomic E-state index is 0.231. The molecule has 0 fully saturated rings. The van der Waals surface area contributed by atoms with E-state index in [4.69, 9.17) is 5.73 Å². The van der Waals surface area contributed by atoms with Gasteiger partial charge < -0.3 is 5.73 Å². The first-order valence-corrected chi connectivity index (χ1v) is 6.20. The van der Waals surface area contributed by atoms with Crippen molar-refractivity contribution in [2.75, 3.05) is 0 Å². The summed E-state index contributed by atoms with van der Waals surface area (Å²) in [6, 6.07) is 2.06. The second-order valence-electron chi connectivity index (χ2n) is 3.20. The number of aromatic nitrogens is 1. The van der Waals surface area contributed by atoms with E-state index in [1.54, 1.807) is 11.3 Å². The number of nitrogens with two attached hydrogens (primary N) is 1. The molecule has 1 amide bonds. The highest BCUT2D eigenvalue weighted by Crippen LogP contribution is 2.29. The third-order valence-electron chi connectivity index (χ3n) is 1.97. The van der Waals surface area contributed by atoms with Gasteiger partial charge in [0.25, 0.3) is 0 Å². The lowest BCUT2D eigenvalue weighted by Gasteiger charge is -1.92. The molecule has 5 heteroatoms. The van der Waals surface area contributed by atoms with Crippen molar-refractivity contribution in [3.8, 4) is 10.6 Å². The van der Waals surface area contributed by atoms with E-state index in [-0.39, 0.29) is 12.3 Å². The van der Waals surface area contributed by atoms with Crippen molar-refractivity contribution in [2.24, 2.45) is 5.73 Å². The Balaban J connectivity index is 2.28. The molecule has 0 aliphatic rings. The standard InChI is InChI=1S/C10H10N2OS2/c1-6-2-3-14-10(6)7-5-15-9(12-7)4-8(11)13/h2-3,5H,4H2,1H3,(H2,11,13). The lowest BCUT2D eigenvalue weighted by atomic mass is 10.2. The monoisotopic (exact) mass is 238 g/mol. The van der Waals surface area contributed by atoms with Crippen LogP contribution in [0.4, 0.5) is 0 Å². The minimum atomic E-state index is -0.334. The summed E-state index contributed by atoms with van der Waals surface area (Å²) in [5, 5.41) is 4.79. The molecule has 15 heavy (non-hydrogen) atoms. The largest absolute Gasteiger partial charge is 0.369 e. The lowest BCUT2D eigenvalue weighted by molar-refractivity contribution is -0.117. The van der Waals surface area contributed by atoms with Gasteiger partial charge in [-0.25, -0.2) is 4.98 Å². The number of hydrogen-bond donors (Lipinski definition) is 1. The molecule has 0 unspecified atom stereocenters. The molecule has 2 heterocycles. The maximum absolute atomic E-state index is 10.7.